The molecule has 13 heavy (non-hydrogen) atoms. The van der Waals surface area contributed by atoms with Crippen LogP contribution in [0.2, 0.25) is 0 Å². The Hall–Kier alpha value is -0.790. The molecule has 7 nitrogen and oxygen atoms in total. The van der Waals surface area contributed by atoms with Gasteiger partial charge < -0.3 is 22.7 Å². The van der Waals surface area contributed by atoms with Crippen LogP contribution >= 0.6 is 0 Å². The van der Waals surface area contributed by atoms with Crippen molar-refractivity contribution in [3.63, 3.8) is 0 Å². The molecule has 0 bridgehead atoms. The third-order valence-corrected chi connectivity index (χ3v) is 0.993. The van der Waals surface area contributed by atoms with E-state index in [0.717, 1.165) is 0 Å². The van der Waals surface area contributed by atoms with Crippen LogP contribution in [-0.4, -0.2) is 34.2 Å². The van der Waals surface area contributed by atoms with Gasteiger partial charge in [0.25, 0.3) is 0 Å². The number of carbonyl (C=O) groups excluding carboxylic acids is 1. The molecule has 1 unspecified atom stereocenters. The number of urea groups is 1. The van der Waals surface area contributed by atoms with Gasteiger partial charge in [0.05, 0.1) is 6.42 Å². The van der Waals surface area contributed by atoms with Gasteiger partial charge in [-0.05, 0) is 0 Å². The third-order valence-electron chi connectivity index (χ3n) is 0.993. The van der Waals surface area contributed by atoms with E-state index in [4.69, 9.17) is 10.2 Å². The van der Waals surface area contributed by atoms with E-state index in [2.05, 4.69) is 5.73 Å². The van der Waals surface area contributed by atoms with E-state index >= 15 is 0 Å². The fourth-order valence-electron chi connectivity index (χ4n) is 0.546. The summed E-state index contributed by atoms with van der Waals surface area (Å²) >= 11 is 0. The fourth-order valence-corrected chi connectivity index (χ4v) is 0.546. The first-order valence-corrected chi connectivity index (χ1v) is 2.94. The average Bonchev–Trinajstić information content (AvgIpc) is 1.83. The Labute approximate surface area is 97.1 Å². The summed E-state index contributed by atoms with van der Waals surface area (Å²) in [4.78, 5) is 30.4. The molecule has 0 aliphatic heterocycles. The Balaban J connectivity index is -0.000000605. The van der Waals surface area contributed by atoms with Gasteiger partial charge in [-0.2, -0.15) is 0 Å². The van der Waals surface area contributed by atoms with Gasteiger partial charge in [-0.3, -0.25) is 4.79 Å². The maximum atomic E-state index is 10.2. The number of hydrogen-bond donors (Lipinski definition) is 4. The van der Waals surface area contributed by atoms with Crippen LogP contribution in [0, 0.1) is 0 Å². The SMILES string of the molecule is NC(=O)NC(CC(=O)O)C(=O)O.[H-].[Na+]. The van der Waals surface area contributed by atoms with Crippen molar-refractivity contribution in [2.75, 3.05) is 0 Å². The number of rotatable bonds is 4. The van der Waals surface area contributed by atoms with Crippen molar-refractivity contribution < 1.29 is 55.6 Å². The van der Waals surface area contributed by atoms with Crippen LogP contribution in [0.3, 0.4) is 0 Å². The second kappa shape index (κ2) is 6.70. The molecule has 0 aliphatic carbocycles. The maximum absolute atomic E-state index is 10.2. The summed E-state index contributed by atoms with van der Waals surface area (Å²) in [6.45, 7) is 0. The summed E-state index contributed by atoms with van der Waals surface area (Å²) in [5.41, 5.74) is 4.60. The molecule has 0 radical (unpaired) electrons. The molecular weight excluding hydrogens is 191 g/mol. The molecule has 0 rings (SSSR count). The van der Waals surface area contributed by atoms with Crippen LogP contribution in [0.5, 0.6) is 0 Å². The van der Waals surface area contributed by atoms with Crippen molar-refractivity contribution in [1.82, 2.24) is 5.32 Å². The fraction of sp³-hybridized carbons (Fsp3) is 0.400. The van der Waals surface area contributed by atoms with E-state index in [-0.39, 0.29) is 31.0 Å². The predicted octanol–water partition coefficient (Wildman–Crippen LogP) is -4.30. The zero-order valence-corrected chi connectivity index (χ0v) is 8.98. The molecule has 0 heterocycles. The van der Waals surface area contributed by atoms with Gasteiger partial charge in [0.2, 0.25) is 0 Å². The zero-order valence-electron chi connectivity index (χ0n) is 7.98. The Morgan fingerprint density at radius 3 is 2.08 bits per heavy atom. The van der Waals surface area contributed by atoms with Gasteiger partial charge in [-0.1, -0.05) is 0 Å². The van der Waals surface area contributed by atoms with E-state index in [1.54, 1.807) is 5.32 Å². The van der Waals surface area contributed by atoms with Crippen LogP contribution in [0.1, 0.15) is 7.85 Å². The van der Waals surface area contributed by atoms with Gasteiger partial charge in [0, 0.05) is 0 Å². The molecule has 0 aromatic rings. The van der Waals surface area contributed by atoms with Crippen LogP contribution in [0.4, 0.5) is 4.79 Å². The number of hydrogen-bond acceptors (Lipinski definition) is 3. The standard InChI is InChI=1S/C5H8N2O5.Na.H/c6-5(12)7-2(4(10)11)1-3(8)9;;/h2H,1H2,(H,8,9)(H,10,11)(H3,6,7,12);;/q;+1;-1. The van der Waals surface area contributed by atoms with Crippen molar-refractivity contribution >= 4 is 18.0 Å². The summed E-state index contributed by atoms with van der Waals surface area (Å²) in [5.74, 6) is -2.76. The van der Waals surface area contributed by atoms with Crippen molar-refractivity contribution in [1.29, 1.82) is 0 Å². The van der Waals surface area contributed by atoms with Crippen LogP contribution < -0.4 is 40.6 Å². The largest absolute Gasteiger partial charge is 1.00 e. The van der Waals surface area contributed by atoms with Gasteiger partial charge in [-0.25, -0.2) is 9.59 Å². The minimum atomic E-state index is -1.47. The number of amides is 2. The Morgan fingerprint density at radius 2 is 1.85 bits per heavy atom. The van der Waals surface area contributed by atoms with Crippen molar-refractivity contribution in [3.8, 4) is 0 Å². The van der Waals surface area contributed by atoms with E-state index in [1.165, 1.54) is 0 Å². The number of carbonyl (C=O) groups is 3. The van der Waals surface area contributed by atoms with Crippen molar-refractivity contribution in [2.24, 2.45) is 5.73 Å². The number of nitrogens with two attached hydrogens (primary N) is 1. The summed E-state index contributed by atoms with van der Waals surface area (Å²) in [6.07, 6.45) is -0.696. The number of carboxylic acid groups (broad SMARTS) is 2. The summed E-state index contributed by atoms with van der Waals surface area (Å²) in [5, 5.41) is 18.3. The third kappa shape index (κ3) is 7.57. The predicted molar refractivity (Wildman–Crippen MR) is 37.5 cm³/mol. The van der Waals surface area contributed by atoms with E-state index in [0.29, 0.717) is 0 Å². The molecule has 8 heteroatoms. The molecule has 5 N–H and O–H groups in total. The molecule has 0 aromatic carbocycles. The molecule has 70 valence electrons. The van der Waals surface area contributed by atoms with E-state index in [9.17, 15) is 14.4 Å². The van der Waals surface area contributed by atoms with E-state index in [1.807, 2.05) is 0 Å². The number of primary amides is 1. The zero-order chi connectivity index (χ0) is 9.72. The molecule has 0 spiro atoms. The minimum absolute atomic E-state index is 0. The molecule has 0 aliphatic rings. The molecule has 0 saturated carbocycles. The Bertz CT molecular complexity index is 208. The second-order valence-electron chi connectivity index (χ2n) is 2.00. The molecule has 0 saturated heterocycles. The summed E-state index contributed by atoms with van der Waals surface area (Å²) in [6, 6.07) is -2.54. The average molecular weight is 200 g/mol. The first-order valence-electron chi connectivity index (χ1n) is 2.94. The Kier molecular flexibility index (Phi) is 7.58. The number of aliphatic carboxylic acids is 2. The summed E-state index contributed by atoms with van der Waals surface area (Å²) < 4.78 is 0. The molecule has 1 atom stereocenters. The van der Waals surface area contributed by atoms with Crippen molar-refractivity contribution in [3.05, 3.63) is 0 Å². The normalized spacial score (nSPS) is 10.8. The molecule has 2 amide bonds. The van der Waals surface area contributed by atoms with Gasteiger partial charge in [0.15, 0.2) is 0 Å². The first kappa shape index (κ1) is 14.7. The molecule has 0 aromatic heterocycles. The minimum Gasteiger partial charge on any atom is -1.00 e. The van der Waals surface area contributed by atoms with Gasteiger partial charge in [0.1, 0.15) is 6.04 Å². The molecular formula is C5H9N2NaO5. The monoisotopic (exact) mass is 200 g/mol. The molecule has 0 fully saturated rings. The number of carboxylic acids is 2. The topological polar surface area (TPSA) is 130 Å². The summed E-state index contributed by atoms with van der Waals surface area (Å²) in [7, 11) is 0. The maximum Gasteiger partial charge on any atom is 1.00 e. The second-order valence-corrected chi connectivity index (χ2v) is 2.00. The Morgan fingerprint density at radius 1 is 1.38 bits per heavy atom. The van der Waals surface area contributed by atoms with Crippen LogP contribution in [0.15, 0.2) is 0 Å². The van der Waals surface area contributed by atoms with E-state index < -0.39 is 30.4 Å². The van der Waals surface area contributed by atoms with Gasteiger partial charge >= 0.3 is 47.5 Å². The van der Waals surface area contributed by atoms with Crippen molar-refractivity contribution in [2.45, 2.75) is 12.5 Å². The van der Waals surface area contributed by atoms with Crippen LogP contribution in [-0.2, 0) is 9.59 Å². The smallest absolute Gasteiger partial charge is 1.00 e. The van der Waals surface area contributed by atoms with Gasteiger partial charge in [-0.15, -0.1) is 0 Å². The van der Waals surface area contributed by atoms with Crippen LogP contribution in [0.25, 0.3) is 0 Å². The number of nitrogens with one attached hydrogen (secondary N) is 1. The first-order chi connectivity index (χ1) is 5.43. The quantitative estimate of drug-likeness (QED) is 0.341.